The second-order valence-corrected chi connectivity index (χ2v) is 5.35. The van der Waals surface area contributed by atoms with Crippen molar-refractivity contribution in [2.24, 2.45) is 0 Å². The first kappa shape index (κ1) is 15.8. The molecule has 1 heterocycles. The maximum Gasteiger partial charge on any atom is 0.321 e. The van der Waals surface area contributed by atoms with Gasteiger partial charge in [0.25, 0.3) is 0 Å². The van der Waals surface area contributed by atoms with Crippen LogP contribution in [0.15, 0.2) is 24.3 Å². The Labute approximate surface area is 126 Å². The lowest BCUT2D eigenvalue weighted by Crippen LogP contribution is -2.43. The molecule has 1 aliphatic rings. The van der Waals surface area contributed by atoms with Crippen LogP contribution in [0.1, 0.15) is 18.4 Å². The lowest BCUT2D eigenvalue weighted by Gasteiger charge is -2.32. The molecule has 0 spiro atoms. The number of piperidine rings is 1. The van der Waals surface area contributed by atoms with E-state index in [1.165, 1.54) is 5.56 Å². The van der Waals surface area contributed by atoms with E-state index in [1.807, 2.05) is 36.1 Å². The van der Waals surface area contributed by atoms with Crippen LogP contribution >= 0.6 is 0 Å². The summed E-state index contributed by atoms with van der Waals surface area (Å²) >= 11 is 0. The van der Waals surface area contributed by atoms with Crippen LogP contribution in [0.2, 0.25) is 0 Å². The van der Waals surface area contributed by atoms with Crippen LogP contribution < -0.4 is 5.32 Å². The van der Waals surface area contributed by atoms with Crippen LogP contribution in [0.5, 0.6) is 0 Å². The van der Waals surface area contributed by atoms with Crippen LogP contribution in [0.25, 0.3) is 0 Å². The van der Waals surface area contributed by atoms with E-state index in [0.29, 0.717) is 13.2 Å². The number of methoxy groups -OCH3 is 1. The van der Waals surface area contributed by atoms with Gasteiger partial charge in [-0.05, 0) is 31.9 Å². The van der Waals surface area contributed by atoms with E-state index >= 15 is 0 Å². The summed E-state index contributed by atoms with van der Waals surface area (Å²) in [4.78, 5) is 14.0. The summed E-state index contributed by atoms with van der Waals surface area (Å²) in [6.07, 6.45) is 2.00. The van der Waals surface area contributed by atoms with E-state index in [9.17, 15) is 4.79 Å². The van der Waals surface area contributed by atoms with Gasteiger partial charge in [0.1, 0.15) is 0 Å². The molecule has 0 aliphatic carbocycles. The first-order chi connectivity index (χ1) is 10.2. The molecular weight excluding hydrogens is 268 g/mol. The van der Waals surface area contributed by atoms with E-state index in [4.69, 9.17) is 9.47 Å². The summed E-state index contributed by atoms with van der Waals surface area (Å²) in [6.45, 7) is 4.73. The van der Waals surface area contributed by atoms with Gasteiger partial charge in [-0.3, -0.25) is 0 Å². The quantitative estimate of drug-likeness (QED) is 0.849. The molecule has 2 amide bonds. The zero-order chi connectivity index (χ0) is 15.1. The third-order valence-electron chi connectivity index (χ3n) is 3.67. The molecule has 1 aromatic rings. The molecule has 5 heteroatoms. The summed E-state index contributed by atoms with van der Waals surface area (Å²) in [5, 5.41) is 2.93. The number of nitrogens with one attached hydrogen (secondary N) is 1. The number of urea groups is 1. The molecule has 1 saturated heterocycles. The van der Waals surface area contributed by atoms with Gasteiger partial charge < -0.3 is 19.7 Å². The zero-order valence-electron chi connectivity index (χ0n) is 12.8. The number of rotatable bonds is 5. The number of carbonyl (C=O) groups excluding carboxylic acids is 1. The standard InChI is InChI=1S/C16H24N2O3/c1-13-3-5-14(6-4-13)17-16(19)18-9-7-15(8-10-18)21-12-11-20-2/h3-6,15H,7-12H2,1-2H3,(H,17,19). The van der Waals surface area contributed by atoms with Crippen molar-refractivity contribution in [3.05, 3.63) is 29.8 Å². The average Bonchev–Trinajstić information content (AvgIpc) is 2.50. The molecule has 0 unspecified atom stereocenters. The summed E-state index contributed by atoms with van der Waals surface area (Å²) < 4.78 is 10.7. The van der Waals surface area contributed by atoms with Crippen molar-refractivity contribution in [3.8, 4) is 0 Å². The lowest BCUT2D eigenvalue weighted by atomic mass is 10.1. The highest BCUT2D eigenvalue weighted by atomic mass is 16.5. The molecule has 1 aliphatic heterocycles. The van der Waals surface area contributed by atoms with Crippen molar-refractivity contribution >= 4 is 11.7 Å². The van der Waals surface area contributed by atoms with Crippen molar-refractivity contribution in [1.82, 2.24) is 4.90 Å². The Balaban J connectivity index is 1.74. The number of amides is 2. The number of likely N-dealkylation sites (tertiary alicyclic amines) is 1. The highest BCUT2D eigenvalue weighted by Gasteiger charge is 2.23. The third kappa shape index (κ3) is 5.02. The van der Waals surface area contributed by atoms with E-state index < -0.39 is 0 Å². The monoisotopic (exact) mass is 292 g/mol. The van der Waals surface area contributed by atoms with Gasteiger partial charge in [-0.25, -0.2) is 4.79 Å². The van der Waals surface area contributed by atoms with Gasteiger partial charge in [0, 0.05) is 25.9 Å². The summed E-state index contributed by atoms with van der Waals surface area (Å²) in [5.41, 5.74) is 2.02. The Bertz CT molecular complexity index is 439. The number of aryl methyl sites for hydroxylation is 1. The Morgan fingerprint density at radius 3 is 2.52 bits per heavy atom. The van der Waals surface area contributed by atoms with E-state index in [0.717, 1.165) is 31.6 Å². The van der Waals surface area contributed by atoms with Crippen LogP contribution in [-0.2, 0) is 9.47 Å². The van der Waals surface area contributed by atoms with Crippen molar-refractivity contribution < 1.29 is 14.3 Å². The van der Waals surface area contributed by atoms with Crippen LogP contribution in [0.4, 0.5) is 10.5 Å². The van der Waals surface area contributed by atoms with Crippen LogP contribution in [0, 0.1) is 6.92 Å². The fourth-order valence-corrected chi connectivity index (χ4v) is 2.36. The molecular formula is C16H24N2O3. The van der Waals surface area contributed by atoms with Gasteiger partial charge in [-0.1, -0.05) is 17.7 Å². The average molecular weight is 292 g/mol. The molecule has 0 bridgehead atoms. The van der Waals surface area contributed by atoms with Gasteiger partial charge >= 0.3 is 6.03 Å². The van der Waals surface area contributed by atoms with Crippen LogP contribution in [-0.4, -0.2) is 50.4 Å². The Kier molecular flexibility index (Phi) is 6.02. The van der Waals surface area contributed by atoms with E-state index in [1.54, 1.807) is 7.11 Å². The SMILES string of the molecule is COCCOC1CCN(C(=O)Nc2ccc(C)cc2)CC1. The summed E-state index contributed by atoms with van der Waals surface area (Å²) in [6, 6.07) is 7.80. The summed E-state index contributed by atoms with van der Waals surface area (Å²) in [7, 11) is 1.67. The zero-order valence-corrected chi connectivity index (χ0v) is 12.8. The minimum atomic E-state index is -0.0332. The van der Waals surface area contributed by atoms with Gasteiger partial charge in [0.2, 0.25) is 0 Å². The Morgan fingerprint density at radius 1 is 1.24 bits per heavy atom. The van der Waals surface area contributed by atoms with Gasteiger partial charge in [-0.15, -0.1) is 0 Å². The molecule has 1 N–H and O–H groups in total. The third-order valence-corrected chi connectivity index (χ3v) is 3.67. The Morgan fingerprint density at radius 2 is 1.90 bits per heavy atom. The number of hydrogen-bond acceptors (Lipinski definition) is 3. The fourth-order valence-electron chi connectivity index (χ4n) is 2.36. The number of nitrogens with zero attached hydrogens (tertiary/aromatic N) is 1. The van der Waals surface area contributed by atoms with Crippen molar-refractivity contribution in [3.63, 3.8) is 0 Å². The molecule has 0 radical (unpaired) electrons. The van der Waals surface area contributed by atoms with Gasteiger partial charge in [0.15, 0.2) is 0 Å². The molecule has 0 saturated carbocycles. The summed E-state index contributed by atoms with van der Waals surface area (Å²) in [5.74, 6) is 0. The van der Waals surface area contributed by atoms with E-state index in [2.05, 4.69) is 5.32 Å². The second kappa shape index (κ2) is 8.00. The van der Waals surface area contributed by atoms with Crippen molar-refractivity contribution in [2.75, 3.05) is 38.7 Å². The topological polar surface area (TPSA) is 50.8 Å². The van der Waals surface area contributed by atoms with Gasteiger partial charge in [0.05, 0.1) is 19.3 Å². The minimum Gasteiger partial charge on any atom is -0.382 e. The molecule has 1 aromatic carbocycles. The predicted octanol–water partition coefficient (Wildman–Crippen LogP) is 2.65. The fraction of sp³-hybridized carbons (Fsp3) is 0.562. The highest BCUT2D eigenvalue weighted by molar-refractivity contribution is 5.89. The maximum absolute atomic E-state index is 12.2. The molecule has 2 rings (SSSR count). The number of benzene rings is 1. The van der Waals surface area contributed by atoms with Crippen LogP contribution in [0.3, 0.4) is 0 Å². The molecule has 0 aromatic heterocycles. The minimum absolute atomic E-state index is 0.0332. The van der Waals surface area contributed by atoms with Crippen molar-refractivity contribution in [2.45, 2.75) is 25.9 Å². The number of hydrogen-bond donors (Lipinski definition) is 1. The number of ether oxygens (including phenoxy) is 2. The Hall–Kier alpha value is -1.59. The second-order valence-electron chi connectivity index (χ2n) is 5.35. The van der Waals surface area contributed by atoms with E-state index in [-0.39, 0.29) is 12.1 Å². The first-order valence-electron chi connectivity index (χ1n) is 7.42. The van der Waals surface area contributed by atoms with Crippen molar-refractivity contribution in [1.29, 1.82) is 0 Å². The number of anilines is 1. The molecule has 0 atom stereocenters. The maximum atomic E-state index is 12.2. The molecule has 116 valence electrons. The van der Waals surface area contributed by atoms with Gasteiger partial charge in [-0.2, -0.15) is 0 Å². The highest BCUT2D eigenvalue weighted by Crippen LogP contribution is 2.16. The smallest absolute Gasteiger partial charge is 0.321 e. The molecule has 21 heavy (non-hydrogen) atoms. The number of carbonyl (C=O) groups is 1. The lowest BCUT2D eigenvalue weighted by molar-refractivity contribution is -0.00851. The predicted molar refractivity (Wildman–Crippen MR) is 82.6 cm³/mol. The first-order valence-corrected chi connectivity index (χ1v) is 7.42. The largest absolute Gasteiger partial charge is 0.382 e. The molecule has 1 fully saturated rings. The normalized spacial score (nSPS) is 16.0. The molecule has 5 nitrogen and oxygen atoms in total.